The van der Waals surface area contributed by atoms with Crippen LogP contribution >= 0.6 is 0 Å². The largest absolute Gasteiger partial charge is 0.389 e. The smallest absolute Gasteiger partial charge is 0.271 e. The molecule has 1 aromatic carbocycles. The van der Waals surface area contributed by atoms with E-state index in [2.05, 4.69) is 5.43 Å². The minimum Gasteiger partial charge on any atom is -0.271 e. The second-order valence-corrected chi connectivity index (χ2v) is 6.59. The normalized spacial score (nSPS) is 14.2. The summed E-state index contributed by atoms with van der Waals surface area (Å²) >= 11 is 0. The van der Waals surface area contributed by atoms with Gasteiger partial charge < -0.3 is 0 Å². The lowest BCUT2D eigenvalue weighted by molar-refractivity contribution is -0.135. The van der Waals surface area contributed by atoms with E-state index in [0.29, 0.717) is 5.56 Å². The Kier molecular flexibility index (Phi) is 5.55. The third kappa shape index (κ3) is 5.48. The molecule has 0 aromatic heterocycles. The van der Waals surface area contributed by atoms with E-state index in [0.717, 1.165) is 6.26 Å². The van der Waals surface area contributed by atoms with E-state index < -0.39 is 28.5 Å². The topological polar surface area (TPSA) is 72.2 Å². The molecule has 0 heterocycles. The Hall–Kier alpha value is -1.12. The number of halogens is 3. The number of sulfone groups is 1. The van der Waals surface area contributed by atoms with Crippen LogP contribution in [0.25, 0.3) is 0 Å². The highest BCUT2D eigenvalue weighted by Gasteiger charge is 2.26. The van der Waals surface area contributed by atoms with Crippen molar-refractivity contribution < 1.29 is 21.6 Å². The second-order valence-electron chi connectivity index (χ2n) is 4.57. The number of hydrogen-bond acceptors (Lipinski definition) is 4. The molecule has 1 atom stereocenters. The molecule has 0 spiro atoms. The van der Waals surface area contributed by atoms with Gasteiger partial charge in [-0.15, -0.1) is 0 Å². The first-order valence-corrected chi connectivity index (χ1v) is 7.85. The van der Waals surface area contributed by atoms with E-state index >= 15 is 0 Å². The number of hydrogen-bond donors (Lipinski definition) is 2. The van der Waals surface area contributed by atoms with Gasteiger partial charge in [-0.1, -0.05) is 12.1 Å². The summed E-state index contributed by atoms with van der Waals surface area (Å²) in [6, 6.07) is 5.52. The summed E-state index contributed by atoms with van der Waals surface area (Å²) < 4.78 is 59.2. The maximum Gasteiger partial charge on any atom is 0.389 e. The van der Waals surface area contributed by atoms with Crippen LogP contribution in [-0.2, 0) is 9.84 Å². The zero-order chi connectivity index (χ0) is 15.4. The Morgan fingerprint density at radius 1 is 1.35 bits per heavy atom. The molecule has 0 aliphatic heterocycles. The molecule has 0 aliphatic carbocycles. The first-order valence-electron chi connectivity index (χ1n) is 5.96. The zero-order valence-electron chi connectivity index (χ0n) is 10.9. The van der Waals surface area contributed by atoms with Gasteiger partial charge in [-0.2, -0.15) is 13.2 Å². The van der Waals surface area contributed by atoms with Crippen LogP contribution in [0.15, 0.2) is 29.2 Å². The SMILES string of the molecule is CS(=O)(=O)c1cccc(C(CCCC(F)(F)F)NN)c1. The molecule has 0 fully saturated rings. The molecule has 8 heteroatoms. The molecular formula is C12H17F3N2O2S. The minimum atomic E-state index is -4.20. The van der Waals surface area contributed by atoms with Gasteiger partial charge in [0.2, 0.25) is 0 Å². The van der Waals surface area contributed by atoms with E-state index in [1.165, 1.54) is 12.1 Å². The molecule has 20 heavy (non-hydrogen) atoms. The maximum atomic E-state index is 12.1. The van der Waals surface area contributed by atoms with E-state index in [4.69, 9.17) is 5.84 Å². The van der Waals surface area contributed by atoms with Gasteiger partial charge >= 0.3 is 6.18 Å². The number of rotatable bonds is 6. The van der Waals surface area contributed by atoms with Crippen LogP contribution in [-0.4, -0.2) is 20.8 Å². The van der Waals surface area contributed by atoms with Crippen LogP contribution in [0.1, 0.15) is 30.9 Å². The highest BCUT2D eigenvalue weighted by Crippen LogP contribution is 2.26. The minimum absolute atomic E-state index is 0.0819. The monoisotopic (exact) mass is 310 g/mol. The van der Waals surface area contributed by atoms with Crippen molar-refractivity contribution in [2.45, 2.75) is 36.4 Å². The lowest BCUT2D eigenvalue weighted by Crippen LogP contribution is -2.28. The molecule has 1 rings (SSSR count). The first-order chi connectivity index (χ1) is 9.13. The summed E-state index contributed by atoms with van der Waals surface area (Å²) in [5.74, 6) is 5.33. The van der Waals surface area contributed by atoms with Gasteiger partial charge in [-0.25, -0.2) is 8.42 Å². The lowest BCUT2D eigenvalue weighted by Gasteiger charge is -2.17. The average Bonchev–Trinajstić information content (AvgIpc) is 2.32. The molecule has 0 amide bonds. The molecule has 114 valence electrons. The Morgan fingerprint density at radius 2 is 2.00 bits per heavy atom. The van der Waals surface area contributed by atoms with Crippen molar-refractivity contribution in [1.82, 2.24) is 5.43 Å². The fourth-order valence-electron chi connectivity index (χ4n) is 1.81. The number of nitrogens with one attached hydrogen (secondary N) is 1. The molecular weight excluding hydrogens is 293 g/mol. The summed E-state index contributed by atoms with van der Waals surface area (Å²) in [6.07, 6.45) is -3.93. The van der Waals surface area contributed by atoms with Gasteiger partial charge in [0.1, 0.15) is 0 Å². The second kappa shape index (κ2) is 6.55. The molecule has 3 N–H and O–H groups in total. The number of hydrazine groups is 1. The summed E-state index contributed by atoms with van der Waals surface area (Å²) in [7, 11) is -3.36. The van der Waals surface area contributed by atoms with Crippen LogP contribution < -0.4 is 11.3 Å². The third-order valence-corrected chi connectivity index (χ3v) is 3.95. The van der Waals surface area contributed by atoms with Crippen LogP contribution in [0.2, 0.25) is 0 Å². The number of benzene rings is 1. The van der Waals surface area contributed by atoms with Crippen LogP contribution in [0, 0.1) is 0 Å². The van der Waals surface area contributed by atoms with Crippen molar-refractivity contribution in [2.75, 3.05) is 6.26 Å². The summed E-state index contributed by atoms with van der Waals surface area (Å²) in [5.41, 5.74) is 2.97. The molecule has 0 bridgehead atoms. The highest BCUT2D eigenvalue weighted by atomic mass is 32.2. The van der Waals surface area contributed by atoms with Gasteiger partial charge in [0.05, 0.1) is 4.90 Å². The summed E-state index contributed by atoms with van der Waals surface area (Å²) in [6.45, 7) is 0. The predicted molar refractivity (Wildman–Crippen MR) is 69.5 cm³/mol. The fraction of sp³-hybridized carbons (Fsp3) is 0.500. The van der Waals surface area contributed by atoms with E-state index in [-0.39, 0.29) is 17.7 Å². The van der Waals surface area contributed by atoms with Crippen molar-refractivity contribution >= 4 is 9.84 Å². The third-order valence-electron chi connectivity index (χ3n) is 2.84. The molecule has 1 unspecified atom stereocenters. The standard InChI is InChI=1S/C12H17F3N2O2S/c1-20(18,19)10-5-2-4-9(8-10)11(17-16)6-3-7-12(13,14)15/h2,4-5,8,11,17H,3,6-7,16H2,1H3. The number of alkyl halides is 3. The Morgan fingerprint density at radius 3 is 2.50 bits per heavy atom. The fourth-order valence-corrected chi connectivity index (χ4v) is 2.49. The van der Waals surface area contributed by atoms with Crippen molar-refractivity contribution in [2.24, 2.45) is 5.84 Å². The van der Waals surface area contributed by atoms with Crippen LogP contribution in [0.4, 0.5) is 13.2 Å². The average molecular weight is 310 g/mol. The number of nitrogens with two attached hydrogens (primary N) is 1. The maximum absolute atomic E-state index is 12.1. The van der Waals surface area contributed by atoms with Crippen LogP contribution in [0.3, 0.4) is 0 Å². The van der Waals surface area contributed by atoms with E-state index in [1.807, 2.05) is 0 Å². The van der Waals surface area contributed by atoms with Gasteiger partial charge in [-0.05, 0) is 30.5 Å². The zero-order valence-corrected chi connectivity index (χ0v) is 11.8. The molecule has 0 radical (unpaired) electrons. The molecule has 0 saturated heterocycles. The Bertz CT molecular complexity index is 544. The molecule has 0 saturated carbocycles. The molecule has 4 nitrogen and oxygen atoms in total. The van der Waals surface area contributed by atoms with Crippen molar-refractivity contribution in [3.05, 3.63) is 29.8 Å². The van der Waals surface area contributed by atoms with Crippen LogP contribution in [0.5, 0.6) is 0 Å². The van der Waals surface area contributed by atoms with Crippen molar-refractivity contribution in [1.29, 1.82) is 0 Å². The van der Waals surface area contributed by atoms with Gasteiger partial charge in [0.15, 0.2) is 9.84 Å². The Labute approximate surface area is 116 Å². The quantitative estimate of drug-likeness (QED) is 0.625. The van der Waals surface area contributed by atoms with Gasteiger partial charge in [0, 0.05) is 18.7 Å². The summed E-state index contributed by atoms with van der Waals surface area (Å²) in [5, 5.41) is 0. The summed E-state index contributed by atoms with van der Waals surface area (Å²) in [4.78, 5) is 0.117. The highest BCUT2D eigenvalue weighted by molar-refractivity contribution is 7.90. The van der Waals surface area contributed by atoms with Gasteiger partial charge in [-0.3, -0.25) is 11.3 Å². The van der Waals surface area contributed by atoms with E-state index in [9.17, 15) is 21.6 Å². The molecule has 1 aromatic rings. The first kappa shape index (κ1) is 16.9. The predicted octanol–water partition coefficient (Wildman–Crippen LogP) is 2.33. The Balaban J connectivity index is 2.80. The lowest BCUT2D eigenvalue weighted by atomic mass is 10.0. The van der Waals surface area contributed by atoms with Crippen molar-refractivity contribution in [3.63, 3.8) is 0 Å². The van der Waals surface area contributed by atoms with E-state index in [1.54, 1.807) is 12.1 Å². The van der Waals surface area contributed by atoms with Gasteiger partial charge in [0.25, 0.3) is 0 Å². The molecule has 0 aliphatic rings. The van der Waals surface area contributed by atoms with Crippen molar-refractivity contribution in [3.8, 4) is 0 Å².